The third kappa shape index (κ3) is 4.62. The second-order valence-electron chi connectivity index (χ2n) is 7.58. The van der Waals surface area contributed by atoms with Gasteiger partial charge in [-0.05, 0) is 36.2 Å². The Balaban J connectivity index is 1.68. The van der Waals surface area contributed by atoms with Crippen molar-refractivity contribution < 1.29 is 19.0 Å². The number of carbonyl (C=O) groups is 1. The molecule has 0 spiro atoms. The first-order valence-corrected chi connectivity index (χ1v) is 10.7. The van der Waals surface area contributed by atoms with E-state index in [0.717, 1.165) is 23.0 Å². The van der Waals surface area contributed by atoms with E-state index < -0.39 is 17.2 Å². The highest BCUT2D eigenvalue weighted by atomic mass is 16.7. The summed E-state index contributed by atoms with van der Waals surface area (Å²) in [5.41, 5.74) is -0.187. The number of nitrogens with zero attached hydrogens (tertiary/aromatic N) is 2. The van der Waals surface area contributed by atoms with Crippen LogP contribution in [-0.2, 0) is 13.1 Å². The minimum atomic E-state index is -0.691. The van der Waals surface area contributed by atoms with E-state index in [2.05, 4.69) is 5.32 Å². The lowest BCUT2D eigenvalue weighted by Crippen LogP contribution is -2.43. The smallest absolute Gasteiger partial charge is 0.335 e. The first-order chi connectivity index (χ1) is 16.0. The number of hydrogen-bond donors (Lipinski definition) is 1. The summed E-state index contributed by atoms with van der Waals surface area (Å²) >= 11 is 0. The van der Waals surface area contributed by atoms with Gasteiger partial charge in [-0.15, -0.1) is 0 Å². The van der Waals surface area contributed by atoms with Crippen LogP contribution in [0.15, 0.2) is 58.3 Å². The van der Waals surface area contributed by atoms with Crippen molar-refractivity contribution in [2.45, 2.75) is 32.9 Å². The molecule has 0 bridgehead atoms. The Morgan fingerprint density at radius 1 is 1.12 bits per heavy atom. The van der Waals surface area contributed by atoms with E-state index in [1.165, 1.54) is 17.9 Å². The second-order valence-corrected chi connectivity index (χ2v) is 7.58. The van der Waals surface area contributed by atoms with E-state index in [0.29, 0.717) is 29.5 Å². The largest absolute Gasteiger partial charge is 0.497 e. The van der Waals surface area contributed by atoms with Crippen molar-refractivity contribution in [3.63, 3.8) is 0 Å². The van der Waals surface area contributed by atoms with Gasteiger partial charge in [-0.1, -0.05) is 25.5 Å². The summed E-state index contributed by atoms with van der Waals surface area (Å²) in [6.45, 7) is 2.74. The van der Waals surface area contributed by atoms with E-state index in [-0.39, 0.29) is 18.9 Å². The van der Waals surface area contributed by atoms with Crippen molar-refractivity contribution in [2.75, 3.05) is 13.9 Å². The number of rotatable bonds is 8. The SMILES string of the molecule is CCCCn1cc(C(=O)NCc2ccc3c(c2)OCO3)c(=O)n(-c2cccc(OC)c2)c1=O. The van der Waals surface area contributed by atoms with Gasteiger partial charge in [0.2, 0.25) is 6.79 Å². The third-order valence-corrected chi connectivity index (χ3v) is 5.35. The number of aryl methyl sites for hydroxylation is 1. The van der Waals surface area contributed by atoms with Gasteiger partial charge in [0.1, 0.15) is 11.3 Å². The maximum absolute atomic E-state index is 13.2. The number of carbonyl (C=O) groups excluding carboxylic acids is 1. The van der Waals surface area contributed by atoms with Crippen molar-refractivity contribution in [2.24, 2.45) is 0 Å². The van der Waals surface area contributed by atoms with Gasteiger partial charge in [0, 0.05) is 25.4 Å². The van der Waals surface area contributed by atoms with Crippen LogP contribution in [-0.4, -0.2) is 28.9 Å². The molecule has 1 aromatic heterocycles. The maximum atomic E-state index is 13.2. The van der Waals surface area contributed by atoms with E-state index in [9.17, 15) is 14.4 Å². The lowest BCUT2D eigenvalue weighted by atomic mass is 10.2. The Morgan fingerprint density at radius 3 is 2.73 bits per heavy atom. The molecule has 0 unspecified atom stereocenters. The predicted octanol–water partition coefficient (Wildman–Crippen LogP) is 2.47. The number of aromatic nitrogens is 2. The molecule has 1 aliphatic heterocycles. The van der Waals surface area contributed by atoms with Crippen molar-refractivity contribution in [1.29, 1.82) is 0 Å². The quantitative estimate of drug-likeness (QED) is 0.565. The number of unbranched alkanes of at least 4 members (excludes halogenated alkanes) is 1. The third-order valence-electron chi connectivity index (χ3n) is 5.35. The topological polar surface area (TPSA) is 101 Å². The standard InChI is InChI=1S/C24H25N3O6/c1-3-4-10-26-14-19(22(28)25-13-16-8-9-20-21(11-16)33-15-32-20)23(29)27(24(26)30)17-6-5-7-18(12-17)31-2/h5-9,11-12,14H,3-4,10,13,15H2,1-2H3,(H,25,28). The molecule has 33 heavy (non-hydrogen) atoms. The summed E-state index contributed by atoms with van der Waals surface area (Å²) in [6, 6.07) is 12.0. The number of methoxy groups -OCH3 is 1. The molecule has 1 N–H and O–H groups in total. The average Bonchev–Trinajstić information content (AvgIpc) is 3.30. The maximum Gasteiger partial charge on any atom is 0.335 e. The summed E-state index contributed by atoms with van der Waals surface area (Å²) in [5.74, 6) is 1.18. The first kappa shape index (κ1) is 22.2. The zero-order valence-corrected chi connectivity index (χ0v) is 18.5. The van der Waals surface area contributed by atoms with Crippen LogP contribution in [0.2, 0.25) is 0 Å². The van der Waals surface area contributed by atoms with Crippen LogP contribution in [0.4, 0.5) is 0 Å². The highest BCUT2D eigenvalue weighted by molar-refractivity contribution is 5.93. The van der Waals surface area contributed by atoms with Crippen LogP contribution in [0.1, 0.15) is 35.7 Å². The molecule has 0 saturated heterocycles. The number of benzene rings is 2. The molecule has 0 aliphatic carbocycles. The fourth-order valence-corrected chi connectivity index (χ4v) is 3.55. The molecule has 1 aliphatic rings. The zero-order chi connectivity index (χ0) is 23.4. The van der Waals surface area contributed by atoms with E-state index in [1.807, 2.05) is 13.0 Å². The van der Waals surface area contributed by atoms with Gasteiger partial charge in [0.15, 0.2) is 11.5 Å². The van der Waals surface area contributed by atoms with Crippen LogP contribution < -0.4 is 30.8 Å². The molecule has 2 aromatic carbocycles. The number of fused-ring (bicyclic) bond motifs is 1. The van der Waals surface area contributed by atoms with Crippen LogP contribution in [0.3, 0.4) is 0 Å². The Kier molecular flexibility index (Phi) is 6.48. The van der Waals surface area contributed by atoms with Crippen molar-refractivity contribution in [3.05, 3.63) is 80.6 Å². The van der Waals surface area contributed by atoms with E-state index in [4.69, 9.17) is 14.2 Å². The van der Waals surface area contributed by atoms with E-state index in [1.54, 1.807) is 36.4 Å². The molecule has 0 saturated carbocycles. The Bertz CT molecular complexity index is 1290. The van der Waals surface area contributed by atoms with Crippen molar-refractivity contribution >= 4 is 5.91 Å². The normalized spacial score (nSPS) is 11.9. The van der Waals surface area contributed by atoms with Crippen LogP contribution in [0.25, 0.3) is 5.69 Å². The highest BCUT2D eigenvalue weighted by Crippen LogP contribution is 2.32. The predicted molar refractivity (Wildman–Crippen MR) is 121 cm³/mol. The fraction of sp³-hybridized carbons (Fsp3) is 0.292. The van der Waals surface area contributed by atoms with Crippen molar-refractivity contribution in [1.82, 2.24) is 14.5 Å². The van der Waals surface area contributed by atoms with Crippen LogP contribution >= 0.6 is 0 Å². The Labute approximate surface area is 190 Å². The van der Waals surface area contributed by atoms with Gasteiger partial charge in [0.05, 0.1) is 12.8 Å². The molecule has 1 amide bonds. The molecular formula is C24H25N3O6. The Morgan fingerprint density at radius 2 is 1.94 bits per heavy atom. The lowest BCUT2D eigenvalue weighted by molar-refractivity contribution is 0.0947. The number of hydrogen-bond acceptors (Lipinski definition) is 6. The van der Waals surface area contributed by atoms with Gasteiger partial charge in [-0.25, -0.2) is 9.36 Å². The number of nitrogens with one attached hydrogen (secondary N) is 1. The minimum Gasteiger partial charge on any atom is -0.497 e. The highest BCUT2D eigenvalue weighted by Gasteiger charge is 2.19. The minimum absolute atomic E-state index is 0.116. The van der Waals surface area contributed by atoms with Gasteiger partial charge in [-0.3, -0.25) is 14.2 Å². The molecule has 172 valence electrons. The molecule has 4 rings (SSSR count). The molecule has 2 heterocycles. The molecule has 0 fully saturated rings. The molecule has 0 atom stereocenters. The Hall–Kier alpha value is -4.01. The molecule has 3 aromatic rings. The van der Waals surface area contributed by atoms with Gasteiger partial charge >= 0.3 is 5.69 Å². The average molecular weight is 451 g/mol. The summed E-state index contributed by atoms with van der Waals surface area (Å²) in [7, 11) is 1.50. The van der Waals surface area contributed by atoms with E-state index >= 15 is 0 Å². The molecular weight excluding hydrogens is 426 g/mol. The second kappa shape index (κ2) is 9.64. The number of ether oxygens (including phenoxy) is 3. The van der Waals surface area contributed by atoms with Crippen molar-refractivity contribution in [3.8, 4) is 22.9 Å². The number of amides is 1. The zero-order valence-electron chi connectivity index (χ0n) is 18.5. The molecule has 0 radical (unpaired) electrons. The van der Waals surface area contributed by atoms with Crippen LogP contribution in [0.5, 0.6) is 17.2 Å². The fourth-order valence-electron chi connectivity index (χ4n) is 3.55. The lowest BCUT2D eigenvalue weighted by Gasteiger charge is -2.14. The summed E-state index contributed by atoms with van der Waals surface area (Å²) < 4.78 is 18.3. The first-order valence-electron chi connectivity index (χ1n) is 10.7. The molecule has 9 nitrogen and oxygen atoms in total. The summed E-state index contributed by atoms with van der Waals surface area (Å²) in [6.07, 6.45) is 2.93. The van der Waals surface area contributed by atoms with Crippen LogP contribution in [0, 0.1) is 0 Å². The summed E-state index contributed by atoms with van der Waals surface area (Å²) in [4.78, 5) is 39.3. The van der Waals surface area contributed by atoms with Gasteiger partial charge in [0.25, 0.3) is 11.5 Å². The van der Waals surface area contributed by atoms with Gasteiger partial charge < -0.3 is 19.5 Å². The monoisotopic (exact) mass is 451 g/mol. The molecule has 9 heteroatoms. The summed E-state index contributed by atoms with van der Waals surface area (Å²) in [5, 5.41) is 2.76. The van der Waals surface area contributed by atoms with Gasteiger partial charge in [-0.2, -0.15) is 0 Å².